The summed E-state index contributed by atoms with van der Waals surface area (Å²) in [4.78, 5) is 37.7. The molecule has 0 heterocycles. The summed E-state index contributed by atoms with van der Waals surface area (Å²) in [5.74, 6) is -0.644. The molecule has 0 bridgehead atoms. The maximum atomic E-state index is 12.7. The molecule has 1 aromatic carbocycles. The van der Waals surface area contributed by atoms with Crippen molar-refractivity contribution in [3.63, 3.8) is 0 Å². The van der Waals surface area contributed by atoms with Gasteiger partial charge in [0, 0.05) is 24.2 Å². The van der Waals surface area contributed by atoms with Crippen LogP contribution < -0.4 is 10.6 Å². The van der Waals surface area contributed by atoms with Crippen LogP contribution in [-0.2, 0) is 14.3 Å². The molecule has 0 aliphatic heterocycles. The molecule has 0 unspecified atom stereocenters. The van der Waals surface area contributed by atoms with Crippen molar-refractivity contribution in [3.05, 3.63) is 23.8 Å². The quantitative estimate of drug-likeness (QED) is 0.0546. The maximum absolute atomic E-state index is 12.7. The highest BCUT2D eigenvalue weighted by Gasteiger charge is 2.13. The molecule has 2 N–H and O–H groups in total. The fraction of sp³-hybridized carbons (Fsp3) is 0.795. The summed E-state index contributed by atoms with van der Waals surface area (Å²) >= 11 is 0. The van der Waals surface area contributed by atoms with Gasteiger partial charge in [0.25, 0.3) is 0 Å². The van der Waals surface area contributed by atoms with Crippen LogP contribution in [0.1, 0.15) is 230 Å². The Morgan fingerprint density at radius 1 is 0.420 bits per heavy atom. The second-order valence-corrected chi connectivity index (χ2v) is 14.8. The number of unbranched alkanes of at least 4 members (excludes halogenated alkanes) is 28. The van der Waals surface area contributed by atoms with Gasteiger partial charge in [-0.1, -0.05) is 194 Å². The van der Waals surface area contributed by atoms with Crippen LogP contribution in [0.5, 0.6) is 0 Å². The third kappa shape index (κ3) is 27.4. The highest BCUT2D eigenvalue weighted by atomic mass is 16.5. The van der Waals surface area contributed by atoms with Crippen LogP contribution >= 0.6 is 0 Å². The van der Waals surface area contributed by atoms with Gasteiger partial charge in [-0.25, -0.2) is 4.79 Å². The SMILES string of the molecule is CCCCCCCCCCCCCCCCCC(=O)Nc1cc(NC(=O)CCCCCCCCCCCCCCCCC)cc(C(=O)OC)c1. The van der Waals surface area contributed by atoms with Gasteiger partial charge in [0.1, 0.15) is 0 Å². The molecule has 0 fully saturated rings. The number of rotatable bonds is 35. The molecule has 0 saturated heterocycles. The first-order chi connectivity index (χ1) is 24.5. The van der Waals surface area contributed by atoms with Crippen LogP contribution in [0.15, 0.2) is 18.2 Å². The van der Waals surface area contributed by atoms with Crippen LogP contribution in [-0.4, -0.2) is 24.9 Å². The van der Waals surface area contributed by atoms with Crippen molar-refractivity contribution in [1.82, 2.24) is 0 Å². The third-order valence-electron chi connectivity index (χ3n) is 9.94. The van der Waals surface area contributed by atoms with Crippen molar-refractivity contribution in [1.29, 1.82) is 0 Å². The van der Waals surface area contributed by atoms with E-state index in [1.54, 1.807) is 18.2 Å². The molecule has 0 atom stereocenters. The minimum absolute atomic E-state index is 0.0724. The fourth-order valence-corrected chi connectivity index (χ4v) is 6.77. The summed E-state index contributed by atoms with van der Waals surface area (Å²) in [6.07, 6.45) is 39.6. The Labute approximate surface area is 308 Å². The van der Waals surface area contributed by atoms with Crippen molar-refractivity contribution in [2.24, 2.45) is 0 Å². The number of ether oxygens (including phenoxy) is 1. The summed E-state index contributed by atoms with van der Waals surface area (Å²) in [6.45, 7) is 4.54. The first-order valence-electron chi connectivity index (χ1n) is 21.3. The topological polar surface area (TPSA) is 84.5 Å². The molecular weight excluding hydrogens is 620 g/mol. The summed E-state index contributed by atoms with van der Waals surface area (Å²) in [6, 6.07) is 4.95. The zero-order valence-electron chi connectivity index (χ0n) is 33.0. The Bertz CT molecular complexity index is 913. The van der Waals surface area contributed by atoms with Crippen LogP contribution in [0, 0.1) is 0 Å². The molecule has 6 nitrogen and oxygen atoms in total. The van der Waals surface area contributed by atoms with E-state index in [2.05, 4.69) is 24.5 Å². The summed E-state index contributed by atoms with van der Waals surface area (Å²) in [5, 5.41) is 5.85. The number of anilines is 2. The molecule has 0 radical (unpaired) electrons. The molecule has 0 spiro atoms. The molecule has 0 aliphatic rings. The monoisotopic (exact) mass is 699 g/mol. The predicted molar refractivity (Wildman–Crippen MR) is 214 cm³/mol. The number of carbonyl (C=O) groups excluding carboxylic acids is 3. The number of hydrogen-bond donors (Lipinski definition) is 2. The van der Waals surface area contributed by atoms with Gasteiger partial charge in [0.2, 0.25) is 11.8 Å². The van der Waals surface area contributed by atoms with Crippen LogP contribution in [0.2, 0.25) is 0 Å². The lowest BCUT2D eigenvalue weighted by Gasteiger charge is -2.12. The standard InChI is InChI=1S/C44H78N2O4/c1-4-6-8-10-12-14-16-18-20-22-24-26-28-30-32-34-42(47)45-40-36-39(44(49)50-3)37-41(38-40)46-43(48)35-33-31-29-27-25-23-21-19-17-15-13-11-9-7-5-2/h36-38H,4-35H2,1-3H3,(H,45,47)(H,46,48). The zero-order chi connectivity index (χ0) is 36.3. The average molecular weight is 699 g/mol. The molecule has 0 saturated carbocycles. The van der Waals surface area contributed by atoms with E-state index in [9.17, 15) is 14.4 Å². The number of nitrogens with one attached hydrogen (secondary N) is 2. The third-order valence-corrected chi connectivity index (χ3v) is 9.94. The van der Waals surface area contributed by atoms with E-state index in [1.165, 1.54) is 161 Å². The summed E-state index contributed by atoms with van der Waals surface area (Å²) in [7, 11) is 1.33. The summed E-state index contributed by atoms with van der Waals surface area (Å²) in [5.41, 5.74) is 1.31. The highest BCUT2D eigenvalue weighted by Crippen LogP contribution is 2.22. The van der Waals surface area contributed by atoms with Gasteiger partial charge in [-0.05, 0) is 31.0 Å². The van der Waals surface area contributed by atoms with Crippen molar-refractivity contribution in [2.75, 3.05) is 17.7 Å². The summed E-state index contributed by atoms with van der Waals surface area (Å²) < 4.78 is 4.91. The van der Waals surface area contributed by atoms with Crippen LogP contribution in [0.25, 0.3) is 0 Å². The lowest BCUT2D eigenvalue weighted by Crippen LogP contribution is -2.15. The molecule has 0 aromatic heterocycles. The second kappa shape index (κ2) is 33.8. The first-order valence-corrected chi connectivity index (χ1v) is 21.3. The van der Waals surface area contributed by atoms with Gasteiger partial charge < -0.3 is 15.4 Å². The number of methoxy groups -OCH3 is 1. The minimum Gasteiger partial charge on any atom is -0.465 e. The van der Waals surface area contributed by atoms with Crippen LogP contribution in [0.3, 0.4) is 0 Å². The Balaban J connectivity index is 2.20. The van der Waals surface area contributed by atoms with Crippen molar-refractivity contribution in [3.8, 4) is 0 Å². The molecule has 2 amide bonds. The normalized spacial score (nSPS) is 11.1. The molecule has 288 valence electrons. The molecule has 0 aliphatic carbocycles. The Hall–Kier alpha value is -2.37. The minimum atomic E-state index is -0.499. The van der Waals surface area contributed by atoms with E-state index < -0.39 is 5.97 Å². The number of esters is 1. The van der Waals surface area contributed by atoms with Crippen molar-refractivity contribution in [2.45, 2.75) is 219 Å². The Kier molecular flexibility index (Phi) is 30.8. The van der Waals surface area contributed by atoms with E-state index in [1.807, 2.05) is 0 Å². The van der Waals surface area contributed by atoms with E-state index in [4.69, 9.17) is 4.74 Å². The number of benzene rings is 1. The molecule has 50 heavy (non-hydrogen) atoms. The largest absolute Gasteiger partial charge is 0.465 e. The molecule has 6 heteroatoms. The predicted octanol–water partition coefficient (Wildman–Crippen LogP) is 13.9. The van der Waals surface area contributed by atoms with Crippen LogP contribution in [0.4, 0.5) is 11.4 Å². The van der Waals surface area contributed by atoms with Crippen molar-refractivity contribution < 1.29 is 19.1 Å². The van der Waals surface area contributed by atoms with E-state index >= 15 is 0 Å². The van der Waals surface area contributed by atoms with Crippen molar-refractivity contribution >= 4 is 29.2 Å². The fourth-order valence-electron chi connectivity index (χ4n) is 6.77. The molecule has 1 rings (SSSR count). The lowest BCUT2D eigenvalue weighted by atomic mass is 10.0. The van der Waals surface area contributed by atoms with Gasteiger partial charge in [-0.15, -0.1) is 0 Å². The van der Waals surface area contributed by atoms with E-state index in [0.29, 0.717) is 29.8 Å². The maximum Gasteiger partial charge on any atom is 0.337 e. The van der Waals surface area contributed by atoms with E-state index in [0.717, 1.165) is 38.5 Å². The van der Waals surface area contributed by atoms with E-state index in [-0.39, 0.29) is 11.8 Å². The smallest absolute Gasteiger partial charge is 0.337 e. The number of amides is 2. The van der Waals surface area contributed by atoms with Gasteiger partial charge in [0.15, 0.2) is 0 Å². The Morgan fingerprint density at radius 2 is 0.680 bits per heavy atom. The van der Waals surface area contributed by atoms with Gasteiger partial charge in [0.05, 0.1) is 12.7 Å². The highest BCUT2D eigenvalue weighted by molar-refractivity contribution is 5.98. The van der Waals surface area contributed by atoms with Gasteiger partial charge >= 0.3 is 5.97 Å². The van der Waals surface area contributed by atoms with Gasteiger partial charge in [-0.2, -0.15) is 0 Å². The zero-order valence-corrected chi connectivity index (χ0v) is 33.0. The Morgan fingerprint density at radius 3 is 0.940 bits per heavy atom. The average Bonchev–Trinajstić information content (AvgIpc) is 3.11. The molecular formula is C44H78N2O4. The van der Waals surface area contributed by atoms with Gasteiger partial charge in [-0.3, -0.25) is 9.59 Å². The number of carbonyl (C=O) groups is 3. The molecule has 1 aromatic rings. The number of hydrogen-bond acceptors (Lipinski definition) is 4. The first kappa shape index (κ1) is 45.7. The second-order valence-electron chi connectivity index (χ2n) is 14.8. The lowest BCUT2D eigenvalue weighted by molar-refractivity contribution is -0.117.